The average Bonchev–Trinajstić information content (AvgIpc) is 2.70. The molecule has 7 nitrogen and oxygen atoms in total. The molecule has 2 N–H and O–H groups in total. The van der Waals surface area contributed by atoms with Crippen LogP contribution in [0.25, 0.3) is 0 Å². The molecule has 1 heterocycles. The first-order valence-corrected chi connectivity index (χ1v) is 10.0. The van der Waals surface area contributed by atoms with Crippen molar-refractivity contribution in [3.63, 3.8) is 0 Å². The number of hydrogen-bond acceptors (Lipinski definition) is 5. The largest absolute Gasteiger partial charge is 0.337 e. The molecule has 0 bridgehead atoms. The van der Waals surface area contributed by atoms with Crippen LogP contribution in [-0.4, -0.2) is 37.7 Å². The van der Waals surface area contributed by atoms with E-state index in [9.17, 15) is 17.6 Å². The van der Waals surface area contributed by atoms with Crippen LogP contribution in [-0.2, 0) is 10.0 Å². The Labute approximate surface area is 168 Å². The molecule has 9 heteroatoms. The monoisotopic (exact) mass is 414 g/mol. The lowest BCUT2D eigenvalue weighted by Crippen LogP contribution is -2.22. The lowest BCUT2D eigenvalue weighted by molar-refractivity contribution is 0.102. The summed E-state index contributed by atoms with van der Waals surface area (Å²) in [4.78, 5) is 16.9. The van der Waals surface area contributed by atoms with Gasteiger partial charge in [-0.3, -0.25) is 4.79 Å². The number of amides is 1. The second kappa shape index (κ2) is 8.38. The molecule has 0 aliphatic heterocycles. The molecule has 1 amide bonds. The van der Waals surface area contributed by atoms with Gasteiger partial charge in [-0.2, -0.15) is 0 Å². The van der Waals surface area contributed by atoms with Crippen LogP contribution in [0.5, 0.6) is 0 Å². The topological polar surface area (TPSA) is 91.4 Å². The predicted molar refractivity (Wildman–Crippen MR) is 109 cm³/mol. The first-order valence-electron chi connectivity index (χ1n) is 8.59. The van der Waals surface area contributed by atoms with Crippen molar-refractivity contribution in [2.45, 2.75) is 4.90 Å². The van der Waals surface area contributed by atoms with Crippen molar-refractivity contribution in [3.8, 4) is 0 Å². The zero-order valence-electron chi connectivity index (χ0n) is 15.8. The van der Waals surface area contributed by atoms with Crippen molar-refractivity contribution in [3.05, 3.63) is 78.2 Å². The van der Waals surface area contributed by atoms with Crippen LogP contribution in [0.3, 0.4) is 0 Å². The number of para-hydroxylation sites is 1. The van der Waals surface area contributed by atoms with Gasteiger partial charge < -0.3 is 10.6 Å². The Balaban J connectivity index is 1.87. The van der Waals surface area contributed by atoms with E-state index < -0.39 is 21.7 Å². The Kier molecular flexibility index (Phi) is 5.90. The maximum atomic E-state index is 13.9. The number of sulfonamides is 1. The number of aromatic nitrogens is 1. The van der Waals surface area contributed by atoms with E-state index in [1.807, 2.05) is 0 Å². The Morgan fingerprint density at radius 1 is 1.03 bits per heavy atom. The molecule has 2 aromatic carbocycles. The Morgan fingerprint density at radius 3 is 2.52 bits per heavy atom. The van der Waals surface area contributed by atoms with E-state index in [-0.39, 0.29) is 22.0 Å². The fourth-order valence-corrected chi connectivity index (χ4v) is 3.47. The Bertz CT molecular complexity index is 1150. The number of pyridine rings is 1. The van der Waals surface area contributed by atoms with Crippen LogP contribution in [0.15, 0.2) is 71.8 Å². The van der Waals surface area contributed by atoms with Crippen LogP contribution >= 0.6 is 0 Å². The molecule has 0 fully saturated rings. The zero-order valence-corrected chi connectivity index (χ0v) is 16.6. The molecule has 150 valence electrons. The molecule has 0 saturated carbocycles. The van der Waals surface area contributed by atoms with Crippen molar-refractivity contribution in [2.75, 3.05) is 24.7 Å². The number of anilines is 3. The summed E-state index contributed by atoms with van der Waals surface area (Å²) in [5.74, 6) is -0.824. The summed E-state index contributed by atoms with van der Waals surface area (Å²) in [7, 11) is -0.783. The van der Waals surface area contributed by atoms with Crippen molar-refractivity contribution < 1.29 is 17.6 Å². The number of hydrogen-bond donors (Lipinski definition) is 2. The molecule has 0 aliphatic carbocycles. The van der Waals surface area contributed by atoms with Gasteiger partial charge in [-0.1, -0.05) is 18.2 Å². The molecule has 29 heavy (non-hydrogen) atoms. The van der Waals surface area contributed by atoms with E-state index in [0.29, 0.717) is 5.69 Å². The van der Waals surface area contributed by atoms with E-state index in [4.69, 9.17) is 0 Å². The minimum Gasteiger partial charge on any atom is -0.337 e. The zero-order chi connectivity index (χ0) is 21.0. The second-order valence-corrected chi connectivity index (χ2v) is 8.43. The van der Waals surface area contributed by atoms with Crippen LogP contribution < -0.4 is 10.6 Å². The first-order chi connectivity index (χ1) is 13.8. The molecule has 1 aromatic heterocycles. The molecule has 3 rings (SSSR count). The van der Waals surface area contributed by atoms with Gasteiger partial charge in [0.05, 0.1) is 16.1 Å². The first kappa shape index (κ1) is 20.4. The predicted octanol–water partition coefficient (Wildman–Crippen LogP) is 3.47. The maximum Gasteiger partial charge on any atom is 0.259 e. The summed E-state index contributed by atoms with van der Waals surface area (Å²) >= 11 is 0. The van der Waals surface area contributed by atoms with Gasteiger partial charge in [-0.05, 0) is 42.5 Å². The molecule has 0 saturated heterocycles. The minimum absolute atomic E-state index is 0.0520. The minimum atomic E-state index is -3.64. The highest BCUT2D eigenvalue weighted by Gasteiger charge is 2.19. The van der Waals surface area contributed by atoms with E-state index >= 15 is 0 Å². The number of benzene rings is 2. The third-order valence-corrected chi connectivity index (χ3v) is 5.86. The normalized spacial score (nSPS) is 11.3. The summed E-state index contributed by atoms with van der Waals surface area (Å²) in [6.07, 6.45) is 1.48. The fourth-order valence-electron chi connectivity index (χ4n) is 2.52. The van der Waals surface area contributed by atoms with E-state index in [1.54, 1.807) is 24.3 Å². The molecular formula is C20H19FN4O3S. The lowest BCUT2D eigenvalue weighted by atomic mass is 10.2. The van der Waals surface area contributed by atoms with Crippen LogP contribution in [0, 0.1) is 5.82 Å². The summed E-state index contributed by atoms with van der Waals surface area (Å²) in [6, 6.07) is 15.1. The second-order valence-electron chi connectivity index (χ2n) is 6.27. The van der Waals surface area contributed by atoms with E-state index in [1.165, 1.54) is 56.7 Å². The van der Waals surface area contributed by atoms with Gasteiger partial charge in [0.1, 0.15) is 11.6 Å². The standard InChI is InChI=1S/C20H19FN4O3S/c1-25(2)29(27,28)15-8-5-7-14(13-15)23-20(26)16-9-6-12-22-19(16)24-18-11-4-3-10-17(18)21/h3-13H,1-2H3,(H,22,24)(H,23,26). The molecule has 0 atom stereocenters. The van der Waals surface area contributed by atoms with Gasteiger partial charge in [-0.15, -0.1) is 0 Å². The maximum absolute atomic E-state index is 13.9. The van der Waals surface area contributed by atoms with Crippen molar-refractivity contribution in [1.82, 2.24) is 9.29 Å². The van der Waals surface area contributed by atoms with Crippen molar-refractivity contribution in [1.29, 1.82) is 0 Å². The van der Waals surface area contributed by atoms with E-state index in [2.05, 4.69) is 15.6 Å². The van der Waals surface area contributed by atoms with Gasteiger partial charge >= 0.3 is 0 Å². The van der Waals surface area contributed by atoms with Crippen molar-refractivity contribution >= 4 is 33.1 Å². The smallest absolute Gasteiger partial charge is 0.259 e. The van der Waals surface area contributed by atoms with Crippen LogP contribution in [0.2, 0.25) is 0 Å². The summed E-state index contributed by atoms with van der Waals surface area (Å²) in [6.45, 7) is 0. The Morgan fingerprint density at radius 2 is 1.79 bits per heavy atom. The molecule has 0 unspecified atom stereocenters. The van der Waals surface area contributed by atoms with Gasteiger partial charge in [0.15, 0.2) is 0 Å². The van der Waals surface area contributed by atoms with Gasteiger partial charge in [0.25, 0.3) is 5.91 Å². The highest BCUT2D eigenvalue weighted by molar-refractivity contribution is 7.89. The van der Waals surface area contributed by atoms with Crippen LogP contribution in [0.1, 0.15) is 10.4 Å². The third kappa shape index (κ3) is 4.58. The highest BCUT2D eigenvalue weighted by atomic mass is 32.2. The molecular weight excluding hydrogens is 395 g/mol. The average molecular weight is 414 g/mol. The SMILES string of the molecule is CN(C)S(=O)(=O)c1cccc(NC(=O)c2cccnc2Nc2ccccc2F)c1. The molecule has 0 spiro atoms. The quantitative estimate of drug-likeness (QED) is 0.645. The number of carbonyl (C=O) groups excluding carboxylic acids is 1. The Hall–Kier alpha value is -3.30. The van der Waals surface area contributed by atoms with Gasteiger partial charge in [0, 0.05) is 26.0 Å². The summed E-state index contributed by atoms with van der Waals surface area (Å²) in [5.41, 5.74) is 0.662. The summed E-state index contributed by atoms with van der Waals surface area (Å²) in [5, 5.41) is 5.46. The molecule has 0 radical (unpaired) electrons. The van der Waals surface area contributed by atoms with Crippen molar-refractivity contribution in [2.24, 2.45) is 0 Å². The number of nitrogens with one attached hydrogen (secondary N) is 2. The molecule has 0 aliphatic rings. The molecule has 3 aromatic rings. The third-order valence-electron chi connectivity index (χ3n) is 4.05. The number of nitrogens with zero attached hydrogens (tertiary/aromatic N) is 2. The summed E-state index contributed by atoms with van der Waals surface area (Å²) < 4.78 is 39.6. The lowest BCUT2D eigenvalue weighted by Gasteiger charge is -2.14. The number of rotatable bonds is 6. The van der Waals surface area contributed by atoms with Crippen LogP contribution in [0.4, 0.5) is 21.6 Å². The number of carbonyl (C=O) groups is 1. The van der Waals surface area contributed by atoms with Gasteiger partial charge in [0.2, 0.25) is 10.0 Å². The fraction of sp³-hybridized carbons (Fsp3) is 0.100. The highest BCUT2D eigenvalue weighted by Crippen LogP contribution is 2.23. The van der Waals surface area contributed by atoms with E-state index in [0.717, 1.165) is 4.31 Å². The van der Waals surface area contributed by atoms with Gasteiger partial charge in [-0.25, -0.2) is 22.1 Å². The number of halogens is 1.